The summed E-state index contributed by atoms with van der Waals surface area (Å²) in [6, 6.07) is 17.6. The van der Waals surface area contributed by atoms with Gasteiger partial charge >= 0.3 is 0 Å². The second kappa shape index (κ2) is 9.69. The standard InChI is InChI=1S/C28H25N7O2/c29-28-31-9-7-22(35-28)19-4-5-23-24(13-19)34-27(33-23)21-12-20-10-17(3-6-25(20)37-16-21)11-26(36)32-15-18-2-1-8-30-14-18/h1-10,13-14,21H,11-12,15-16H2,(H,32,36)(H,33,34)(H2,29,31,35). The molecule has 184 valence electrons. The van der Waals surface area contributed by atoms with E-state index in [4.69, 9.17) is 15.5 Å². The summed E-state index contributed by atoms with van der Waals surface area (Å²) in [6.07, 6.45) is 6.19. The summed E-state index contributed by atoms with van der Waals surface area (Å²) >= 11 is 0. The lowest BCUT2D eigenvalue weighted by Crippen LogP contribution is -2.25. The molecule has 0 fully saturated rings. The third-order valence-corrected chi connectivity index (χ3v) is 6.47. The van der Waals surface area contributed by atoms with Crippen LogP contribution >= 0.6 is 0 Å². The number of imidazole rings is 1. The number of hydrogen-bond acceptors (Lipinski definition) is 7. The molecule has 0 saturated heterocycles. The monoisotopic (exact) mass is 491 g/mol. The van der Waals surface area contributed by atoms with E-state index in [9.17, 15) is 4.79 Å². The SMILES string of the molecule is Nc1nccc(-c2ccc3nc(C4COc5ccc(CC(=O)NCc6cccnc6)cc5C4)[nH]c3c2)n1. The van der Waals surface area contributed by atoms with Crippen LogP contribution in [-0.4, -0.2) is 37.4 Å². The average Bonchev–Trinajstić information content (AvgIpc) is 3.36. The number of hydrogen-bond donors (Lipinski definition) is 3. The Bertz CT molecular complexity index is 1580. The largest absolute Gasteiger partial charge is 0.493 e. The number of ether oxygens (including phenoxy) is 1. The van der Waals surface area contributed by atoms with E-state index >= 15 is 0 Å². The van der Waals surface area contributed by atoms with E-state index in [1.54, 1.807) is 18.6 Å². The van der Waals surface area contributed by atoms with Crippen LogP contribution in [0.4, 0.5) is 5.95 Å². The van der Waals surface area contributed by atoms with Gasteiger partial charge in [0.15, 0.2) is 0 Å². The van der Waals surface area contributed by atoms with Crippen molar-refractivity contribution in [2.75, 3.05) is 12.3 Å². The summed E-state index contributed by atoms with van der Waals surface area (Å²) in [7, 11) is 0. The fourth-order valence-corrected chi connectivity index (χ4v) is 4.60. The molecule has 37 heavy (non-hydrogen) atoms. The first-order valence-electron chi connectivity index (χ1n) is 12.1. The Hall–Kier alpha value is -4.79. The van der Waals surface area contributed by atoms with E-state index in [0.29, 0.717) is 19.6 Å². The number of pyridine rings is 1. The van der Waals surface area contributed by atoms with Crippen molar-refractivity contribution in [1.29, 1.82) is 0 Å². The average molecular weight is 492 g/mol. The van der Waals surface area contributed by atoms with Gasteiger partial charge in [-0.15, -0.1) is 0 Å². The molecule has 2 aromatic carbocycles. The van der Waals surface area contributed by atoms with Gasteiger partial charge in [0, 0.05) is 30.7 Å². The molecule has 9 heteroatoms. The van der Waals surface area contributed by atoms with Gasteiger partial charge in [0.25, 0.3) is 0 Å². The Morgan fingerprint density at radius 2 is 2.03 bits per heavy atom. The summed E-state index contributed by atoms with van der Waals surface area (Å²) < 4.78 is 6.06. The Kier molecular flexibility index (Phi) is 5.94. The quantitative estimate of drug-likeness (QED) is 0.331. The van der Waals surface area contributed by atoms with Crippen molar-refractivity contribution < 1.29 is 9.53 Å². The van der Waals surface area contributed by atoms with E-state index in [1.807, 2.05) is 48.5 Å². The second-order valence-corrected chi connectivity index (χ2v) is 9.12. The Morgan fingerprint density at radius 1 is 1.08 bits per heavy atom. The molecule has 1 aliphatic rings. The van der Waals surface area contributed by atoms with E-state index in [2.05, 4.69) is 31.3 Å². The highest BCUT2D eigenvalue weighted by Crippen LogP contribution is 2.33. The normalized spacial score (nSPS) is 14.6. The number of rotatable bonds is 6. The number of nitrogens with one attached hydrogen (secondary N) is 2. The zero-order valence-corrected chi connectivity index (χ0v) is 20.0. The third-order valence-electron chi connectivity index (χ3n) is 6.47. The number of H-pyrrole nitrogens is 1. The molecule has 0 saturated carbocycles. The summed E-state index contributed by atoms with van der Waals surface area (Å²) in [5.74, 6) is 2.02. The number of nitrogens with zero attached hydrogens (tertiary/aromatic N) is 4. The Balaban J connectivity index is 1.16. The van der Waals surface area contributed by atoms with Crippen molar-refractivity contribution in [2.45, 2.75) is 25.3 Å². The molecule has 5 aromatic rings. The van der Waals surface area contributed by atoms with E-state index in [1.165, 1.54) is 0 Å². The van der Waals surface area contributed by atoms with E-state index in [-0.39, 0.29) is 17.8 Å². The van der Waals surface area contributed by atoms with Crippen LogP contribution in [0.25, 0.3) is 22.3 Å². The zero-order valence-electron chi connectivity index (χ0n) is 20.0. The van der Waals surface area contributed by atoms with Gasteiger partial charge in [0.1, 0.15) is 11.6 Å². The maximum Gasteiger partial charge on any atom is 0.224 e. The molecular formula is C28H25N7O2. The van der Waals surface area contributed by atoms with Crippen LogP contribution < -0.4 is 15.8 Å². The summed E-state index contributed by atoms with van der Waals surface area (Å²) in [4.78, 5) is 33.1. The van der Waals surface area contributed by atoms with Gasteiger partial charge in [-0.05, 0) is 53.4 Å². The first-order valence-corrected chi connectivity index (χ1v) is 12.1. The molecule has 0 aliphatic carbocycles. The number of nitrogen functional groups attached to an aromatic ring is 1. The van der Waals surface area contributed by atoms with Gasteiger partial charge in [-0.2, -0.15) is 0 Å². The lowest BCUT2D eigenvalue weighted by atomic mass is 9.94. The first-order chi connectivity index (χ1) is 18.1. The molecule has 1 amide bonds. The predicted molar refractivity (Wildman–Crippen MR) is 140 cm³/mol. The molecule has 9 nitrogen and oxygen atoms in total. The topological polar surface area (TPSA) is 132 Å². The van der Waals surface area contributed by atoms with Crippen LogP contribution in [0.3, 0.4) is 0 Å². The first kappa shape index (κ1) is 22.7. The highest BCUT2D eigenvalue weighted by atomic mass is 16.5. The molecule has 1 atom stereocenters. The van der Waals surface area contributed by atoms with Crippen molar-refractivity contribution in [1.82, 2.24) is 30.2 Å². The Morgan fingerprint density at radius 3 is 2.89 bits per heavy atom. The van der Waals surface area contributed by atoms with Gasteiger partial charge in [-0.3, -0.25) is 9.78 Å². The minimum absolute atomic E-state index is 0.0318. The molecule has 4 N–H and O–H groups in total. The molecule has 4 heterocycles. The van der Waals surface area contributed by atoms with Crippen LogP contribution in [0.15, 0.2) is 73.2 Å². The highest BCUT2D eigenvalue weighted by Gasteiger charge is 2.24. The van der Waals surface area contributed by atoms with Crippen molar-refractivity contribution in [2.24, 2.45) is 0 Å². The number of carbonyl (C=O) groups is 1. The van der Waals surface area contributed by atoms with Crippen molar-refractivity contribution in [3.8, 4) is 17.0 Å². The van der Waals surface area contributed by atoms with E-state index in [0.717, 1.165) is 57.0 Å². The maximum absolute atomic E-state index is 12.5. The van der Waals surface area contributed by atoms with Crippen molar-refractivity contribution >= 4 is 22.9 Å². The smallest absolute Gasteiger partial charge is 0.224 e. The number of fused-ring (bicyclic) bond motifs is 2. The van der Waals surface area contributed by atoms with Gasteiger partial charge < -0.3 is 20.8 Å². The van der Waals surface area contributed by atoms with Crippen LogP contribution in [0, 0.1) is 0 Å². The number of aromatic amines is 1. The van der Waals surface area contributed by atoms with Gasteiger partial charge in [-0.25, -0.2) is 15.0 Å². The number of benzene rings is 2. The van der Waals surface area contributed by atoms with Crippen LogP contribution in [0.5, 0.6) is 5.75 Å². The highest BCUT2D eigenvalue weighted by molar-refractivity contribution is 5.81. The molecule has 1 aliphatic heterocycles. The van der Waals surface area contributed by atoms with Gasteiger partial charge in [-0.1, -0.05) is 24.3 Å². The third kappa shape index (κ3) is 4.97. The number of anilines is 1. The van der Waals surface area contributed by atoms with Crippen LogP contribution in [0.2, 0.25) is 0 Å². The number of nitrogens with two attached hydrogens (primary N) is 1. The molecule has 6 rings (SSSR count). The Labute approximate surface area is 213 Å². The molecule has 0 radical (unpaired) electrons. The number of aromatic nitrogens is 5. The molecule has 1 unspecified atom stereocenters. The minimum atomic E-state index is -0.0318. The van der Waals surface area contributed by atoms with Crippen LogP contribution in [0.1, 0.15) is 28.4 Å². The molecule has 3 aromatic heterocycles. The fraction of sp³-hybridized carbons (Fsp3) is 0.179. The molecule has 0 bridgehead atoms. The van der Waals surface area contributed by atoms with Crippen LogP contribution in [-0.2, 0) is 24.2 Å². The summed E-state index contributed by atoms with van der Waals surface area (Å²) in [5, 5.41) is 2.96. The maximum atomic E-state index is 12.5. The fourth-order valence-electron chi connectivity index (χ4n) is 4.60. The second-order valence-electron chi connectivity index (χ2n) is 9.12. The number of carbonyl (C=O) groups excluding carboxylic acids is 1. The van der Waals surface area contributed by atoms with Crippen molar-refractivity contribution in [3.63, 3.8) is 0 Å². The van der Waals surface area contributed by atoms with Gasteiger partial charge in [0.2, 0.25) is 11.9 Å². The van der Waals surface area contributed by atoms with Gasteiger partial charge in [0.05, 0.1) is 35.7 Å². The lowest BCUT2D eigenvalue weighted by Gasteiger charge is -2.24. The number of amides is 1. The molecular weight excluding hydrogens is 466 g/mol. The predicted octanol–water partition coefficient (Wildman–Crippen LogP) is 3.57. The zero-order chi connectivity index (χ0) is 25.2. The minimum Gasteiger partial charge on any atom is -0.493 e. The summed E-state index contributed by atoms with van der Waals surface area (Å²) in [6.45, 7) is 0.994. The van der Waals surface area contributed by atoms with Crippen molar-refractivity contribution in [3.05, 3.63) is 95.7 Å². The lowest BCUT2D eigenvalue weighted by molar-refractivity contribution is -0.120. The van der Waals surface area contributed by atoms with E-state index < -0.39 is 0 Å². The summed E-state index contributed by atoms with van der Waals surface area (Å²) in [5.41, 5.74) is 12.2. The molecule has 0 spiro atoms.